The van der Waals surface area contributed by atoms with Gasteiger partial charge in [-0.1, -0.05) is 29.4 Å². The summed E-state index contributed by atoms with van der Waals surface area (Å²) in [5.74, 6) is 0.0408. The molecular formula is C31H34ClF2N7OS. The molecule has 12 heteroatoms. The molecule has 2 atom stereocenters. The van der Waals surface area contributed by atoms with Crippen LogP contribution < -0.4 is 20.7 Å². The Balaban J connectivity index is 1.28. The lowest BCUT2D eigenvalue weighted by atomic mass is 9.95. The van der Waals surface area contributed by atoms with E-state index >= 15 is 4.39 Å². The molecule has 4 aromatic rings. The highest BCUT2D eigenvalue weighted by atomic mass is 35.5. The molecule has 43 heavy (non-hydrogen) atoms. The van der Waals surface area contributed by atoms with Gasteiger partial charge in [-0.05, 0) is 82.3 Å². The number of halogens is 3. The van der Waals surface area contributed by atoms with Gasteiger partial charge >= 0.3 is 6.01 Å². The van der Waals surface area contributed by atoms with E-state index in [1.54, 1.807) is 6.07 Å². The Labute approximate surface area is 257 Å². The molecule has 6 heterocycles. The fraction of sp³-hybridized carbons (Fsp3) is 0.516. The zero-order chi connectivity index (χ0) is 29.3. The average molecular weight is 626 g/mol. The van der Waals surface area contributed by atoms with Gasteiger partial charge in [-0.25, -0.2) is 13.8 Å². The summed E-state index contributed by atoms with van der Waals surface area (Å²) in [6, 6.07) is 5.04. The second-order valence-electron chi connectivity index (χ2n) is 12.6. The number of thiazole rings is 1. The van der Waals surface area contributed by atoms with E-state index in [0.29, 0.717) is 35.3 Å². The fourth-order valence-corrected chi connectivity index (χ4v) is 8.95. The number of fused-ring (bicyclic) bond motifs is 6. The predicted octanol–water partition coefficient (Wildman–Crippen LogP) is 6.01. The second-order valence-corrected chi connectivity index (χ2v) is 14.1. The number of nitrogens with zero attached hydrogens (tertiary/aromatic N) is 5. The molecule has 0 spiro atoms. The topological polar surface area (TPSA) is 92.4 Å². The van der Waals surface area contributed by atoms with E-state index in [2.05, 4.69) is 25.1 Å². The van der Waals surface area contributed by atoms with Crippen molar-refractivity contribution in [2.24, 2.45) is 5.92 Å². The van der Waals surface area contributed by atoms with E-state index < -0.39 is 11.6 Å². The van der Waals surface area contributed by atoms with Crippen molar-refractivity contribution in [3.05, 3.63) is 34.9 Å². The van der Waals surface area contributed by atoms with Crippen LogP contribution in [0.4, 0.5) is 19.7 Å². The first kappa shape index (κ1) is 27.7. The normalized spacial score (nSPS) is 23.7. The Hall–Kier alpha value is -2.86. The lowest BCUT2D eigenvalue weighted by molar-refractivity contribution is 0.108. The van der Waals surface area contributed by atoms with Crippen LogP contribution in [-0.4, -0.2) is 70.8 Å². The number of hydrogen-bond acceptors (Lipinski definition) is 9. The number of nitrogens with one attached hydrogen (secondary N) is 1. The first-order valence-electron chi connectivity index (χ1n) is 15.3. The van der Waals surface area contributed by atoms with Crippen LogP contribution in [0.3, 0.4) is 0 Å². The number of rotatable bonds is 5. The molecule has 4 fully saturated rings. The summed E-state index contributed by atoms with van der Waals surface area (Å²) >= 11 is 7.89. The van der Waals surface area contributed by atoms with E-state index in [1.807, 2.05) is 0 Å². The highest BCUT2D eigenvalue weighted by Gasteiger charge is 2.45. The number of hydrogen-bond donors (Lipinski definition) is 2. The Morgan fingerprint density at radius 2 is 1.91 bits per heavy atom. The van der Waals surface area contributed by atoms with E-state index in [1.165, 1.54) is 18.6 Å². The van der Waals surface area contributed by atoms with E-state index in [9.17, 15) is 4.39 Å². The smallest absolute Gasteiger partial charge is 0.319 e. The van der Waals surface area contributed by atoms with Gasteiger partial charge in [0.15, 0.2) is 10.9 Å². The molecular weight excluding hydrogens is 592 g/mol. The van der Waals surface area contributed by atoms with E-state index in [-0.39, 0.29) is 43.0 Å². The fourth-order valence-electron chi connectivity index (χ4n) is 7.89. The van der Waals surface area contributed by atoms with Crippen LogP contribution in [0.2, 0.25) is 5.02 Å². The minimum Gasteiger partial charge on any atom is -0.461 e. The molecule has 4 aliphatic rings. The van der Waals surface area contributed by atoms with E-state index in [4.69, 9.17) is 27.1 Å². The zero-order valence-electron chi connectivity index (χ0n) is 23.8. The summed E-state index contributed by atoms with van der Waals surface area (Å²) in [4.78, 5) is 18.7. The molecule has 4 aliphatic heterocycles. The maximum absolute atomic E-state index is 16.8. The van der Waals surface area contributed by atoms with Gasteiger partial charge in [0.1, 0.15) is 23.8 Å². The van der Waals surface area contributed by atoms with Crippen molar-refractivity contribution in [2.45, 2.75) is 56.5 Å². The maximum Gasteiger partial charge on any atom is 0.319 e. The van der Waals surface area contributed by atoms with Crippen LogP contribution in [0.1, 0.15) is 44.9 Å². The van der Waals surface area contributed by atoms with Crippen LogP contribution in [0.5, 0.6) is 6.01 Å². The SMILES string of the molecule is Nc1nc2c(-c3c(Cl)cc4c(N5CC6CCCC(C5)NC6)nc(OCC56CCCN5CCC6)nc4c3F)ccc(F)c2s1. The average Bonchev–Trinajstić information content (AvgIpc) is 3.58. The van der Waals surface area contributed by atoms with Crippen LogP contribution in [0.25, 0.3) is 32.2 Å². The highest BCUT2D eigenvalue weighted by molar-refractivity contribution is 7.22. The van der Waals surface area contributed by atoms with Crippen molar-refractivity contribution in [3.63, 3.8) is 0 Å². The molecule has 226 valence electrons. The number of nitrogens with two attached hydrogens (primary N) is 1. The Kier molecular flexibility index (Phi) is 6.85. The van der Waals surface area contributed by atoms with Crippen molar-refractivity contribution < 1.29 is 13.5 Å². The van der Waals surface area contributed by atoms with Crippen molar-refractivity contribution >= 4 is 55.0 Å². The van der Waals surface area contributed by atoms with Crippen LogP contribution in [0.15, 0.2) is 18.2 Å². The summed E-state index contributed by atoms with van der Waals surface area (Å²) in [6.07, 6.45) is 7.90. The molecule has 8 nitrogen and oxygen atoms in total. The van der Waals surface area contributed by atoms with Crippen LogP contribution >= 0.6 is 22.9 Å². The minimum absolute atomic E-state index is 0.00397. The number of aromatic nitrogens is 3. The van der Waals surface area contributed by atoms with Crippen molar-refractivity contribution in [1.29, 1.82) is 0 Å². The van der Waals surface area contributed by atoms with Crippen molar-refractivity contribution in [3.8, 4) is 17.1 Å². The van der Waals surface area contributed by atoms with Crippen molar-refractivity contribution in [1.82, 2.24) is 25.2 Å². The summed E-state index contributed by atoms with van der Waals surface area (Å²) in [5.41, 5.74) is 6.83. The zero-order valence-corrected chi connectivity index (χ0v) is 25.4. The van der Waals surface area contributed by atoms with Gasteiger partial charge in [-0.15, -0.1) is 0 Å². The third kappa shape index (κ3) is 4.70. The lowest BCUT2D eigenvalue weighted by Crippen LogP contribution is -2.43. The highest BCUT2D eigenvalue weighted by Crippen LogP contribution is 2.44. The Bertz CT molecular complexity index is 1710. The quantitative estimate of drug-likeness (QED) is 0.279. The molecule has 2 aromatic carbocycles. The minimum atomic E-state index is -0.606. The van der Waals surface area contributed by atoms with Gasteiger partial charge in [-0.3, -0.25) is 4.90 Å². The Morgan fingerprint density at radius 3 is 2.74 bits per heavy atom. The standard InChI is InChI=1S/C31H34ClF2N7OS/c32-21-12-20-25(24(34)23(21)19-6-7-22(33)27-26(19)37-29(35)43-27)38-30(42-16-31-8-2-10-41(31)11-3-9-31)39-28(20)40-14-17-4-1-5-18(15-40)36-13-17/h6-7,12,17-18,36H,1-5,8-11,13-16H2,(H2,35,37). The summed E-state index contributed by atoms with van der Waals surface area (Å²) < 4.78 is 38.1. The molecule has 3 N–H and O–H groups in total. The summed E-state index contributed by atoms with van der Waals surface area (Å²) in [7, 11) is 0. The van der Waals surface area contributed by atoms with Gasteiger partial charge in [0.05, 0.1) is 20.8 Å². The molecule has 2 unspecified atom stereocenters. The van der Waals surface area contributed by atoms with E-state index in [0.717, 1.165) is 82.6 Å². The molecule has 4 saturated heterocycles. The molecule has 8 rings (SSSR count). The van der Waals surface area contributed by atoms with Crippen LogP contribution in [0, 0.1) is 17.6 Å². The summed E-state index contributed by atoms with van der Waals surface area (Å²) in [5, 5.41) is 4.62. The number of benzene rings is 2. The number of ether oxygens (including phenoxy) is 1. The third-order valence-electron chi connectivity index (χ3n) is 9.98. The maximum atomic E-state index is 16.8. The molecule has 2 aromatic heterocycles. The first-order valence-corrected chi connectivity index (χ1v) is 16.5. The van der Waals surface area contributed by atoms with Gasteiger partial charge in [0.25, 0.3) is 0 Å². The first-order chi connectivity index (χ1) is 20.9. The monoisotopic (exact) mass is 625 g/mol. The largest absolute Gasteiger partial charge is 0.461 e. The molecule has 0 radical (unpaired) electrons. The number of nitrogen functional groups attached to an aromatic ring is 1. The molecule has 0 amide bonds. The van der Waals surface area contributed by atoms with Crippen LogP contribution in [-0.2, 0) is 0 Å². The van der Waals surface area contributed by atoms with Gasteiger partial charge < -0.3 is 20.7 Å². The van der Waals surface area contributed by atoms with Crippen molar-refractivity contribution in [2.75, 3.05) is 50.0 Å². The molecule has 2 bridgehead atoms. The molecule has 0 saturated carbocycles. The van der Waals surface area contributed by atoms with Gasteiger partial charge in [-0.2, -0.15) is 9.97 Å². The summed E-state index contributed by atoms with van der Waals surface area (Å²) in [6.45, 7) is 5.18. The number of anilines is 2. The molecule has 0 aliphatic carbocycles. The third-order valence-corrected chi connectivity index (χ3v) is 11.2. The predicted molar refractivity (Wildman–Crippen MR) is 167 cm³/mol. The second kappa shape index (κ2) is 10.6. The van der Waals surface area contributed by atoms with Gasteiger partial charge in [0, 0.05) is 35.6 Å². The van der Waals surface area contributed by atoms with Gasteiger partial charge in [0.2, 0.25) is 0 Å². The Morgan fingerprint density at radius 1 is 1.07 bits per heavy atom. The lowest BCUT2D eigenvalue weighted by Gasteiger charge is -2.32.